The monoisotopic (exact) mass is 537 g/mol. The first-order chi connectivity index (χ1) is 19.5. The van der Waals surface area contributed by atoms with Gasteiger partial charge in [0.1, 0.15) is 34.5 Å². The van der Waals surface area contributed by atoms with Crippen LogP contribution in [0.4, 0.5) is 16.0 Å². The number of nitrogens with zero attached hydrogens (tertiary/aromatic N) is 5. The zero-order valence-electron chi connectivity index (χ0n) is 21.3. The summed E-state index contributed by atoms with van der Waals surface area (Å²) < 4.78 is 20.7. The summed E-state index contributed by atoms with van der Waals surface area (Å²) in [5.41, 5.74) is 0.541. The molecular weight excluding hydrogens is 513 g/mol. The Kier molecular flexibility index (Phi) is 6.86. The summed E-state index contributed by atoms with van der Waals surface area (Å²) in [4.78, 5) is 41.3. The highest BCUT2D eigenvalue weighted by atomic mass is 19.1. The maximum Gasteiger partial charge on any atom is 0.267 e. The Morgan fingerprint density at radius 2 is 1.80 bits per heavy atom. The lowest BCUT2D eigenvalue weighted by Gasteiger charge is -2.28. The molecular formula is C29H24FN7O3. The van der Waals surface area contributed by atoms with E-state index in [0.717, 1.165) is 37.4 Å². The number of fused-ring (bicyclic) bond motifs is 1. The Morgan fingerprint density at radius 1 is 0.975 bits per heavy atom. The summed E-state index contributed by atoms with van der Waals surface area (Å²) in [7, 11) is 0. The number of hydrogen-bond donors (Lipinski definition) is 2. The fraction of sp³-hybridized carbons (Fsp3) is 0.138. The number of halogens is 1. The third kappa shape index (κ3) is 5.22. The van der Waals surface area contributed by atoms with Crippen molar-refractivity contribution in [2.24, 2.45) is 0 Å². The molecule has 0 unspecified atom stereocenters. The highest BCUT2D eigenvalue weighted by Crippen LogP contribution is 2.30. The topological polar surface area (TPSA) is 114 Å². The lowest BCUT2D eigenvalue weighted by molar-refractivity contribution is 0.102. The molecule has 0 saturated carbocycles. The van der Waals surface area contributed by atoms with Gasteiger partial charge in [-0.15, -0.1) is 0 Å². The molecule has 2 N–H and O–H groups in total. The van der Waals surface area contributed by atoms with Crippen LogP contribution in [0.3, 0.4) is 0 Å². The molecule has 1 amide bonds. The van der Waals surface area contributed by atoms with E-state index in [0.29, 0.717) is 22.7 Å². The van der Waals surface area contributed by atoms with Gasteiger partial charge < -0.3 is 20.3 Å². The predicted molar refractivity (Wildman–Crippen MR) is 149 cm³/mol. The van der Waals surface area contributed by atoms with Crippen molar-refractivity contribution in [1.82, 2.24) is 24.8 Å². The second kappa shape index (κ2) is 10.9. The van der Waals surface area contributed by atoms with Gasteiger partial charge in [0, 0.05) is 49.6 Å². The highest BCUT2D eigenvalue weighted by molar-refractivity contribution is 6.03. The first kappa shape index (κ1) is 25.1. The predicted octanol–water partition coefficient (Wildman–Crippen LogP) is 3.77. The molecule has 5 heterocycles. The highest BCUT2D eigenvalue weighted by Gasteiger charge is 2.16. The van der Waals surface area contributed by atoms with Crippen molar-refractivity contribution in [3.63, 3.8) is 0 Å². The van der Waals surface area contributed by atoms with Crippen LogP contribution >= 0.6 is 0 Å². The van der Waals surface area contributed by atoms with Crippen LogP contribution in [0.5, 0.6) is 11.5 Å². The van der Waals surface area contributed by atoms with E-state index in [9.17, 15) is 14.0 Å². The largest absolute Gasteiger partial charge is 0.455 e. The van der Waals surface area contributed by atoms with Gasteiger partial charge in [0.05, 0.1) is 17.9 Å². The number of rotatable bonds is 6. The number of carbonyl (C=O) groups is 1. The minimum atomic E-state index is -0.615. The van der Waals surface area contributed by atoms with Gasteiger partial charge in [0.15, 0.2) is 0 Å². The molecule has 10 nitrogen and oxygen atoms in total. The summed E-state index contributed by atoms with van der Waals surface area (Å²) in [6.45, 7) is 3.54. The molecule has 1 aliphatic heterocycles. The molecule has 11 heteroatoms. The first-order valence-electron chi connectivity index (χ1n) is 12.7. The average Bonchev–Trinajstić information content (AvgIpc) is 2.99. The van der Waals surface area contributed by atoms with Crippen LogP contribution in [0.2, 0.25) is 0 Å². The van der Waals surface area contributed by atoms with E-state index in [1.807, 2.05) is 6.07 Å². The van der Waals surface area contributed by atoms with Crippen molar-refractivity contribution in [3.05, 3.63) is 107 Å². The zero-order chi connectivity index (χ0) is 27.5. The van der Waals surface area contributed by atoms with Gasteiger partial charge >= 0.3 is 0 Å². The van der Waals surface area contributed by atoms with Crippen molar-refractivity contribution >= 4 is 28.4 Å². The summed E-state index contributed by atoms with van der Waals surface area (Å²) in [6.07, 6.45) is 6.40. The fourth-order valence-electron chi connectivity index (χ4n) is 4.47. The minimum Gasteiger partial charge on any atom is -0.455 e. The van der Waals surface area contributed by atoms with E-state index in [-0.39, 0.29) is 11.4 Å². The van der Waals surface area contributed by atoms with E-state index in [4.69, 9.17) is 4.74 Å². The molecule has 1 fully saturated rings. The molecule has 0 atom stereocenters. The van der Waals surface area contributed by atoms with Crippen LogP contribution in [0.25, 0.3) is 16.6 Å². The van der Waals surface area contributed by atoms with E-state index in [1.54, 1.807) is 36.7 Å². The smallest absolute Gasteiger partial charge is 0.267 e. The molecule has 0 radical (unpaired) electrons. The van der Waals surface area contributed by atoms with Gasteiger partial charge in [-0.1, -0.05) is 0 Å². The maximum atomic E-state index is 13.3. The number of carbonyl (C=O) groups excluding carboxylic acids is 1. The average molecular weight is 538 g/mol. The maximum absolute atomic E-state index is 13.3. The van der Waals surface area contributed by atoms with E-state index in [2.05, 4.69) is 30.5 Å². The van der Waals surface area contributed by atoms with Crippen LogP contribution in [-0.2, 0) is 0 Å². The molecule has 1 aromatic carbocycles. The van der Waals surface area contributed by atoms with E-state index >= 15 is 0 Å². The van der Waals surface area contributed by atoms with Crippen molar-refractivity contribution in [2.75, 3.05) is 36.4 Å². The Bertz CT molecular complexity index is 1730. The molecule has 40 heavy (non-hydrogen) atoms. The molecule has 1 saturated heterocycles. The molecule has 1 aliphatic rings. The van der Waals surface area contributed by atoms with Crippen LogP contribution in [-0.4, -0.2) is 51.6 Å². The summed E-state index contributed by atoms with van der Waals surface area (Å²) in [5, 5.41) is 6.80. The fourth-order valence-corrected chi connectivity index (χ4v) is 4.47. The zero-order valence-corrected chi connectivity index (χ0v) is 21.3. The number of piperazine rings is 1. The number of amides is 1. The van der Waals surface area contributed by atoms with Crippen LogP contribution in [0.1, 0.15) is 10.4 Å². The van der Waals surface area contributed by atoms with Crippen molar-refractivity contribution in [1.29, 1.82) is 0 Å². The van der Waals surface area contributed by atoms with Crippen LogP contribution in [0.15, 0.2) is 90.2 Å². The number of anilines is 2. The number of aromatic nitrogens is 4. The van der Waals surface area contributed by atoms with Crippen molar-refractivity contribution < 1.29 is 13.9 Å². The van der Waals surface area contributed by atoms with Crippen molar-refractivity contribution in [3.8, 4) is 17.2 Å². The lowest BCUT2D eigenvalue weighted by atomic mass is 10.2. The van der Waals surface area contributed by atoms with Crippen LogP contribution < -0.4 is 25.8 Å². The second-order valence-corrected chi connectivity index (χ2v) is 9.11. The molecule has 200 valence electrons. The van der Waals surface area contributed by atoms with Gasteiger partial charge in [-0.25, -0.2) is 14.4 Å². The summed E-state index contributed by atoms with van der Waals surface area (Å²) in [6, 6.07) is 15.4. The van der Waals surface area contributed by atoms with Gasteiger partial charge in [0.2, 0.25) is 0 Å². The molecule has 6 rings (SSSR count). The first-order valence-corrected chi connectivity index (χ1v) is 12.7. The Morgan fingerprint density at radius 3 is 2.58 bits per heavy atom. The lowest BCUT2D eigenvalue weighted by Crippen LogP contribution is -2.43. The molecule has 5 aromatic rings. The van der Waals surface area contributed by atoms with Gasteiger partial charge in [0.25, 0.3) is 11.5 Å². The number of ether oxygens (including phenoxy) is 1. The molecule has 0 aliphatic carbocycles. The quantitative estimate of drug-likeness (QED) is 0.337. The number of pyridine rings is 4. The van der Waals surface area contributed by atoms with Gasteiger partial charge in [-0.05, 0) is 60.7 Å². The van der Waals surface area contributed by atoms with Crippen molar-refractivity contribution in [2.45, 2.75) is 0 Å². The summed E-state index contributed by atoms with van der Waals surface area (Å²) >= 11 is 0. The van der Waals surface area contributed by atoms with Gasteiger partial charge in [-0.2, -0.15) is 0 Å². The summed E-state index contributed by atoms with van der Waals surface area (Å²) in [5.74, 6) is 1.15. The third-order valence-electron chi connectivity index (χ3n) is 6.52. The Balaban J connectivity index is 1.18. The molecule has 0 spiro atoms. The Labute approximate surface area is 228 Å². The van der Waals surface area contributed by atoms with Gasteiger partial charge in [-0.3, -0.25) is 19.1 Å². The number of hydrogen-bond acceptors (Lipinski definition) is 8. The van der Waals surface area contributed by atoms with E-state index in [1.165, 1.54) is 47.3 Å². The number of nitrogens with one attached hydrogen (secondary N) is 2. The standard InChI is InChI=1S/C29H24FN7O3/c30-19-3-5-20(6-4-19)37-13-1-2-22(29(37)39)28(38)35-26-8-7-21(17-33-26)40-25-9-10-32-24-18-34-27(16-23(24)25)36-14-11-31-12-15-36/h1-10,13,16-18,31H,11-12,14-15H2,(H,33,35,38). The minimum absolute atomic E-state index is 0.0777. The second-order valence-electron chi connectivity index (χ2n) is 9.11. The molecule has 0 bridgehead atoms. The third-order valence-corrected chi connectivity index (χ3v) is 6.52. The molecule has 4 aromatic heterocycles. The Hall–Kier alpha value is -5.16. The van der Waals surface area contributed by atoms with E-state index < -0.39 is 17.3 Å². The number of benzene rings is 1. The normalized spacial score (nSPS) is 13.3. The van der Waals surface area contributed by atoms with Crippen LogP contribution in [0, 0.1) is 5.82 Å². The SMILES string of the molecule is O=C(Nc1ccc(Oc2ccnc3cnc(N4CCNCC4)cc23)cn1)c1cccn(-c2ccc(F)cc2)c1=O.